The number of rotatable bonds is 1. The maximum Gasteiger partial charge on any atom is 0.253 e. The van der Waals surface area contributed by atoms with Gasteiger partial charge < -0.3 is 4.90 Å². The van der Waals surface area contributed by atoms with Crippen LogP contribution in [0.3, 0.4) is 0 Å². The third-order valence-corrected chi connectivity index (χ3v) is 4.15. The van der Waals surface area contributed by atoms with Gasteiger partial charge in [-0.1, -0.05) is 0 Å². The fourth-order valence-corrected chi connectivity index (χ4v) is 2.85. The second-order valence-electron chi connectivity index (χ2n) is 4.10. The molecule has 5 heteroatoms. The first-order valence-corrected chi connectivity index (χ1v) is 6.97. The van der Waals surface area contributed by atoms with Gasteiger partial charge in [-0.05, 0) is 30.7 Å². The largest absolute Gasteiger partial charge is 0.337 e. The third kappa shape index (κ3) is 2.72. The summed E-state index contributed by atoms with van der Waals surface area (Å²) < 4.78 is 24.3. The molecule has 1 fully saturated rings. The molecule has 0 spiro atoms. The van der Waals surface area contributed by atoms with Crippen molar-refractivity contribution in [3.05, 3.63) is 35.1 Å². The minimum Gasteiger partial charge on any atom is -0.337 e. The van der Waals surface area contributed by atoms with E-state index >= 15 is 0 Å². The molecule has 1 aliphatic rings. The zero-order valence-electron chi connectivity index (χ0n) is 9.61. The van der Waals surface area contributed by atoms with E-state index in [-0.39, 0.29) is 11.7 Å². The van der Waals surface area contributed by atoms with Gasteiger partial charge in [0, 0.05) is 41.0 Å². The molecule has 0 aromatic heterocycles. The lowest BCUT2D eigenvalue weighted by molar-refractivity contribution is 0.0771. The summed E-state index contributed by atoms with van der Waals surface area (Å²) >= 11 is 0. The van der Waals surface area contributed by atoms with Crippen LogP contribution in [0.25, 0.3) is 0 Å². The molecule has 1 aromatic carbocycles. The molecule has 0 bridgehead atoms. The Morgan fingerprint density at radius 1 is 1.35 bits per heavy atom. The topological polar surface area (TPSA) is 37.4 Å². The SMILES string of the molecule is Cc1cc(C(=O)N2CCS(=O)CC2)ccc1F. The first kappa shape index (κ1) is 12.2. The van der Waals surface area contributed by atoms with Crippen molar-refractivity contribution in [3.8, 4) is 0 Å². The van der Waals surface area contributed by atoms with Crippen molar-refractivity contribution in [2.45, 2.75) is 6.92 Å². The van der Waals surface area contributed by atoms with Crippen LogP contribution in [-0.4, -0.2) is 39.6 Å². The molecule has 0 saturated carbocycles. The highest BCUT2D eigenvalue weighted by Gasteiger charge is 2.21. The van der Waals surface area contributed by atoms with Crippen LogP contribution in [0.5, 0.6) is 0 Å². The van der Waals surface area contributed by atoms with E-state index in [9.17, 15) is 13.4 Å². The Morgan fingerprint density at radius 3 is 2.59 bits per heavy atom. The van der Waals surface area contributed by atoms with Crippen molar-refractivity contribution in [3.63, 3.8) is 0 Å². The molecule has 17 heavy (non-hydrogen) atoms. The summed E-state index contributed by atoms with van der Waals surface area (Å²) in [5, 5.41) is 0. The molecule has 92 valence electrons. The molecule has 1 heterocycles. The summed E-state index contributed by atoms with van der Waals surface area (Å²) in [6.45, 7) is 2.67. The highest BCUT2D eigenvalue weighted by Crippen LogP contribution is 2.13. The number of carbonyl (C=O) groups is 1. The van der Waals surface area contributed by atoms with Gasteiger partial charge in [0.05, 0.1) is 0 Å². The molecular weight excluding hydrogens is 241 g/mol. The van der Waals surface area contributed by atoms with Crippen LogP contribution in [0.15, 0.2) is 18.2 Å². The third-order valence-electron chi connectivity index (χ3n) is 2.87. The van der Waals surface area contributed by atoms with Crippen LogP contribution in [0, 0.1) is 12.7 Å². The van der Waals surface area contributed by atoms with Crippen molar-refractivity contribution in [2.75, 3.05) is 24.6 Å². The van der Waals surface area contributed by atoms with Crippen molar-refractivity contribution < 1.29 is 13.4 Å². The molecule has 2 rings (SSSR count). The van der Waals surface area contributed by atoms with Gasteiger partial charge in [-0.2, -0.15) is 0 Å². The lowest BCUT2D eigenvalue weighted by Crippen LogP contribution is -2.41. The van der Waals surface area contributed by atoms with Crippen LogP contribution in [-0.2, 0) is 10.8 Å². The first-order chi connectivity index (χ1) is 8.08. The van der Waals surface area contributed by atoms with Gasteiger partial charge in [0.15, 0.2) is 0 Å². The number of halogens is 1. The zero-order valence-corrected chi connectivity index (χ0v) is 10.4. The maximum atomic E-state index is 13.1. The minimum absolute atomic E-state index is 0.107. The normalized spacial score (nSPS) is 17.2. The zero-order chi connectivity index (χ0) is 12.4. The van der Waals surface area contributed by atoms with E-state index in [2.05, 4.69) is 0 Å². The summed E-state index contributed by atoms with van der Waals surface area (Å²) in [5.74, 6) is 0.656. The molecule has 1 aliphatic heterocycles. The molecule has 3 nitrogen and oxygen atoms in total. The van der Waals surface area contributed by atoms with Crippen LogP contribution < -0.4 is 0 Å². The lowest BCUT2D eigenvalue weighted by Gasteiger charge is -2.26. The predicted molar refractivity (Wildman–Crippen MR) is 64.9 cm³/mol. The number of nitrogens with zero attached hydrogens (tertiary/aromatic N) is 1. The number of aryl methyl sites for hydroxylation is 1. The van der Waals surface area contributed by atoms with E-state index in [4.69, 9.17) is 0 Å². The van der Waals surface area contributed by atoms with Crippen LogP contribution in [0.4, 0.5) is 4.39 Å². The molecule has 0 radical (unpaired) electrons. The highest BCUT2D eigenvalue weighted by molar-refractivity contribution is 7.85. The number of hydrogen-bond acceptors (Lipinski definition) is 2. The average Bonchev–Trinajstić information content (AvgIpc) is 2.33. The Labute approximate surface area is 102 Å². The van der Waals surface area contributed by atoms with E-state index in [0.29, 0.717) is 35.7 Å². The minimum atomic E-state index is -0.796. The van der Waals surface area contributed by atoms with Gasteiger partial charge in [0.1, 0.15) is 5.82 Å². The Balaban J connectivity index is 2.14. The molecule has 0 unspecified atom stereocenters. The summed E-state index contributed by atoms with van der Waals surface area (Å²) in [5.41, 5.74) is 0.966. The van der Waals surface area contributed by atoms with Crippen molar-refractivity contribution >= 4 is 16.7 Å². The van der Waals surface area contributed by atoms with Gasteiger partial charge in [-0.15, -0.1) is 0 Å². The quantitative estimate of drug-likeness (QED) is 0.759. The second kappa shape index (κ2) is 4.96. The molecular formula is C12H14FNO2S. The number of carbonyl (C=O) groups excluding carboxylic acids is 1. The van der Waals surface area contributed by atoms with Crippen molar-refractivity contribution in [2.24, 2.45) is 0 Å². The van der Waals surface area contributed by atoms with Crippen LogP contribution in [0.2, 0.25) is 0 Å². The fourth-order valence-electron chi connectivity index (χ4n) is 1.80. The van der Waals surface area contributed by atoms with Gasteiger partial charge >= 0.3 is 0 Å². The van der Waals surface area contributed by atoms with E-state index in [1.54, 1.807) is 17.9 Å². The van der Waals surface area contributed by atoms with Crippen molar-refractivity contribution in [1.82, 2.24) is 4.90 Å². The smallest absolute Gasteiger partial charge is 0.253 e. The maximum absolute atomic E-state index is 13.1. The molecule has 0 aliphatic carbocycles. The number of hydrogen-bond donors (Lipinski definition) is 0. The highest BCUT2D eigenvalue weighted by atomic mass is 32.2. The Morgan fingerprint density at radius 2 is 2.00 bits per heavy atom. The summed E-state index contributed by atoms with van der Waals surface area (Å²) in [4.78, 5) is 13.7. The van der Waals surface area contributed by atoms with Crippen LogP contribution in [0.1, 0.15) is 15.9 Å². The molecule has 0 N–H and O–H groups in total. The fraction of sp³-hybridized carbons (Fsp3) is 0.417. The predicted octanol–water partition coefficient (Wildman–Crippen LogP) is 1.34. The summed E-state index contributed by atoms with van der Waals surface area (Å²) in [6.07, 6.45) is 0. The van der Waals surface area contributed by atoms with Gasteiger partial charge in [-0.3, -0.25) is 9.00 Å². The van der Waals surface area contributed by atoms with E-state index in [1.807, 2.05) is 0 Å². The number of benzene rings is 1. The van der Waals surface area contributed by atoms with E-state index in [1.165, 1.54) is 12.1 Å². The average molecular weight is 255 g/mol. The standard InChI is InChI=1S/C12H14FNO2S/c1-9-8-10(2-3-11(9)13)12(15)14-4-6-17(16)7-5-14/h2-3,8H,4-7H2,1H3. The van der Waals surface area contributed by atoms with Crippen LogP contribution >= 0.6 is 0 Å². The molecule has 1 amide bonds. The molecule has 1 aromatic rings. The van der Waals surface area contributed by atoms with Gasteiger partial charge in [0.25, 0.3) is 5.91 Å². The monoisotopic (exact) mass is 255 g/mol. The molecule has 1 saturated heterocycles. The Hall–Kier alpha value is -1.23. The van der Waals surface area contributed by atoms with Gasteiger partial charge in [-0.25, -0.2) is 4.39 Å². The molecule has 0 atom stereocenters. The number of amides is 1. The second-order valence-corrected chi connectivity index (χ2v) is 5.80. The Kier molecular flexibility index (Phi) is 3.57. The Bertz CT molecular complexity index is 466. The lowest BCUT2D eigenvalue weighted by atomic mass is 10.1. The van der Waals surface area contributed by atoms with E-state index in [0.717, 1.165) is 0 Å². The first-order valence-electron chi connectivity index (χ1n) is 5.48. The van der Waals surface area contributed by atoms with Gasteiger partial charge in [0.2, 0.25) is 0 Å². The summed E-state index contributed by atoms with van der Waals surface area (Å²) in [7, 11) is -0.796. The van der Waals surface area contributed by atoms with E-state index < -0.39 is 10.8 Å². The van der Waals surface area contributed by atoms with Crippen molar-refractivity contribution in [1.29, 1.82) is 0 Å². The summed E-state index contributed by atoms with van der Waals surface area (Å²) in [6, 6.07) is 4.37.